The van der Waals surface area contributed by atoms with E-state index in [4.69, 9.17) is 11.6 Å². The van der Waals surface area contributed by atoms with E-state index in [1.165, 1.54) is 11.3 Å². The molecule has 1 fully saturated rings. The van der Waals surface area contributed by atoms with E-state index in [1.54, 1.807) is 0 Å². The Kier molecular flexibility index (Phi) is 4.70. The van der Waals surface area contributed by atoms with E-state index in [9.17, 15) is 13.2 Å². The Morgan fingerprint density at radius 2 is 2.17 bits per heavy atom. The van der Waals surface area contributed by atoms with Gasteiger partial charge in [0.15, 0.2) is 14.6 Å². The summed E-state index contributed by atoms with van der Waals surface area (Å²) in [6.07, 6.45) is 2.20. The Morgan fingerprint density at radius 3 is 2.87 bits per heavy atom. The van der Waals surface area contributed by atoms with Crippen molar-refractivity contribution in [1.29, 1.82) is 0 Å². The Bertz CT molecular complexity index is 899. The van der Waals surface area contributed by atoms with Crippen LogP contribution in [-0.4, -0.2) is 30.4 Å². The molecule has 0 radical (unpaired) electrons. The normalized spacial score (nSPS) is 20.7. The van der Waals surface area contributed by atoms with Gasteiger partial charge in [0.05, 0.1) is 24.0 Å². The van der Waals surface area contributed by atoms with Crippen molar-refractivity contribution in [3.05, 3.63) is 51.2 Å². The predicted octanol–water partition coefficient (Wildman–Crippen LogP) is 2.11. The van der Waals surface area contributed by atoms with E-state index < -0.39 is 15.8 Å². The van der Waals surface area contributed by atoms with Gasteiger partial charge in [0.2, 0.25) is 0 Å². The molecule has 1 saturated heterocycles. The quantitative estimate of drug-likeness (QED) is 0.831. The van der Waals surface area contributed by atoms with Gasteiger partial charge in [-0.2, -0.15) is 4.99 Å². The number of nitrogens with zero attached hydrogens (tertiary/aromatic N) is 2. The summed E-state index contributed by atoms with van der Waals surface area (Å²) in [5.41, 5.74) is 0.935. The van der Waals surface area contributed by atoms with E-state index in [1.807, 2.05) is 40.4 Å². The number of thiazole rings is 1. The lowest BCUT2D eigenvalue weighted by Crippen LogP contribution is -2.21. The number of hydrogen-bond donors (Lipinski definition) is 0. The molecule has 3 rings (SSSR count). The fourth-order valence-electron chi connectivity index (χ4n) is 2.49. The molecule has 1 aliphatic heterocycles. The molecular formula is C15H15ClN2O3S2. The van der Waals surface area contributed by atoms with E-state index in [2.05, 4.69) is 4.99 Å². The summed E-state index contributed by atoms with van der Waals surface area (Å²) < 4.78 is 24.8. The van der Waals surface area contributed by atoms with E-state index >= 15 is 0 Å². The Balaban J connectivity index is 1.83. The average molecular weight is 371 g/mol. The Labute approximate surface area is 143 Å². The van der Waals surface area contributed by atoms with Crippen molar-refractivity contribution >= 4 is 38.7 Å². The number of aromatic nitrogens is 1. The summed E-state index contributed by atoms with van der Waals surface area (Å²) in [5, 5.41) is 2.50. The topological polar surface area (TPSA) is 68.5 Å². The van der Waals surface area contributed by atoms with E-state index in [-0.39, 0.29) is 17.4 Å². The van der Waals surface area contributed by atoms with Gasteiger partial charge in [-0.15, -0.1) is 11.3 Å². The van der Waals surface area contributed by atoms with Gasteiger partial charge < -0.3 is 4.57 Å². The lowest BCUT2D eigenvalue weighted by Gasteiger charge is -2.06. The van der Waals surface area contributed by atoms with Gasteiger partial charge in [0.25, 0.3) is 5.91 Å². The highest BCUT2D eigenvalue weighted by Crippen LogP contribution is 2.19. The number of sulfone groups is 1. The molecule has 0 spiro atoms. The van der Waals surface area contributed by atoms with Crippen LogP contribution >= 0.6 is 22.9 Å². The second kappa shape index (κ2) is 6.59. The molecule has 1 aromatic heterocycles. The van der Waals surface area contributed by atoms with Crippen molar-refractivity contribution in [1.82, 2.24) is 4.57 Å². The SMILES string of the molecule is O=C(N=c1sccn1Cc1ccccc1Cl)C1CCS(=O)(=O)C1. The smallest absolute Gasteiger partial charge is 0.252 e. The third-order valence-electron chi connectivity index (χ3n) is 3.75. The molecule has 1 atom stereocenters. The minimum atomic E-state index is -3.09. The van der Waals surface area contributed by atoms with E-state index in [0.29, 0.717) is 22.8 Å². The first-order chi connectivity index (χ1) is 10.9. The van der Waals surface area contributed by atoms with Crippen molar-refractivity contribution in [2.24, 2.45) is 10.9 Å². The highest BCUT2D eigenvalue weighted by molar-refractivity contribution is 7.91. The van der Waals surface area contributed by atoms with Crippen molar-refractivity contribution in [2.75, 3.05) is 11.5 Å². The Hall–Kier alpha value is -1.44. The molecule has 1 unspecified atom stereocenters. The number of carbonyl (C=O) groups excluding carboxylic acids is 1. The number of hydrogen-bond acceptors (Lipinski definition) is 4. The van der Waals surface area contributed by atoms with Gasteiger partial charge in [-0.1, -0.05) is 29.8 Å². The second-order valence-corrected chi connectivity index (χ2v) is 8.96. The molecule has 122 valence electrons. The van der Waals surface area contributed by atoms with Gasteiger partial charge in [0, 0.05) is 16.6 Å². The number of benzene rings is 1. The van der Waals surface area contributed by atoms with Crippen LogP contribution < -0.4 is 4.80 Å². The van der Waals surface area contributed by atoms with Crippen molar-refractivity contribution < 1.29 is 13.2 Å². The lowest BCUT2D eigenvalue weighted by atomic mass is 10.1. The number of rotatable bonds is 3. The average Bonchev–Trinajstić information content (AvgIpc) is 3.08. The molecule has 0 N–H and O–H groups in total. The number of carbonyl (C=O) groups is 1. The van der Waals surface area contributed by atoms with Crippen LogP contribution in [0.4, 0.5) is 0 Å². The van der Waals surface area contributed by atoms with Gasteiger partial charge in [-0.3, -0.25) is 4.79 Å². The van der Waals surface area contributed by atoms with Crippen LogP contribution in [0.5, 0.6) is 0 Å². The Morgan fingerprint density at radius 1 is 1.39 bits per heavy atom. The third-order valence-corrected chi connectivity index (χ3v) is 6.68. The maximum absolute atomic E-state index is 12.2. The third kappa shape index (κ3) is 3.91. The maximum Gasteiger partial charge on any atom is 0.252 e. The summed E-state index contributed by atoms with van der Waals surface area (Å²) in [4.78, 5) is 16.9. The van der Waals surface area contributed by atoms with Crippen LogP contribution in [0.3, 0.4) is 0 Å². The van der Waals surface area contributed by atoms with Crippen LogP contribution in [-0.2, 0) is 21.2 Å². The van der Waals surface area contributed by atoms with Crippen LogP contribution in [0.1, 0.15) is 12.0 Å². The highest BCUT2D eigenvalue weighted by atomic mass is 35.5. The number of halogens is 1. The summed E-state index contributed by atoms with van der Waals surface area (Å²) >= 11 is 7.50. The van der Waals surface area contributed by atoms with Gasteiger partial charge in [0.1, 0.15) is 0 Å². The van der Waals surface area contributed by atoms with Crippen molar-refractivity contribution in [3.8, 4) is 0 Å². The van der Waals surface area contributed by atoms with Gasteiger partial charge >= 0.3 is 0 Å². The molecule has 0 saturated carbocycles. The molecule has 2 aromatic rings. The zero-order valence-electron chi connectivity index (χ0n) is 12.2. The zero-order valence-corrected chi connectivity index (χ0v) is 14.6. The first-order valence-electron chi connectivity index (χ1n) is 7.11. The summed E-state index contributed by atoms with van der Waals surface area (Å²) in [6, 6.07) is 7.50. The molecule has 0 aliphatic carbocycles. The highest BCUT2D eigenvalue weighted by Gasteiger charge is 2.32. The second-order valence-electron chi connectivity index (χ2n) is 5.45. The van der Waals surface area contributed by atoms with Crippen LogP contribution in [0.2, 0.25) is 5.02 Å². The van der Waals surface area contributed by atoms with E-state index in [0.717, 1.165) is 5.56 Å². The molecule has 1 aromatic carbocycles. The molecule has 1 amide bonds. The van der Waals surface area contributed by atoms with Crippen molar-refractivity contribution in [3.63, 3.8) is 0 Å². The maximum atomic E-state index is 12.2. The van der Waals surface area contributed by atoms with Crippen LogP contribution in [0.15, 0.2) is 40.8 Å². The summed E-state index contributed by atoms with van der Waals surface area (Å²) in [7, 11) is -3.09. The molecule has 0 bridgehead atoms. The summed E-state index contributed by atoms with van der Waals surface area (Å²) in [6.45, 7) is 0.512. The standard InChI is InChI=1S/C15H15ClN2O3S2/c16-13-4-2-1-3-11(13)9-18-6-7-22-15(18)17-14(19)12-5-8-23(20,21)10-12/h1-4,6-7,12H,5,8-10H2. The van der Waals surface area contributed by atoms with Crippen molar-refractivity contribution in [2.45, 2.75) is 13.0 Å². The lowest BCUT2D eigenvalue weighted by molar-refractivity contribution is -0.121. The summed E-state index contributed by atoms with van der Waals surface area (Å²) in [5.74, 6) is -0.897. The minimum absolute atomic E-state index is 0.0724. The van der Waals surface area contributed by atoms with Crippen LogP contribution in [0, 0.1) is 5.92 Å². The molecule has 5 nitrogen and oxygen atoms in total. The van der Waals surface area contributed by atoms with Gasteiger partial charge in [-0.05, 0) is 18.1 Å². The van der Waals surface area contributed by atoms with Gasteiger partial charge in [-0.25, -0.2) is 8.42 Å². The first kappa shape index (κ1) is 16.4. The largest absolute Gasteiger partial charge is 0.319 e. The molecule has 23 heavy (non-hydrogen) atoms. The first-order valence-corrected chi connectivity index (χ1v) is 10.2. The molecular weight excluding hydrogens is 356 g/mol. The molecule has 2 heterocycles. The molecule has 1 aliphatic rings. The molecule has 8 heteroatoms. The fraction of sp³-hybridized carbons (Fsp3) is 0.333. The monoisotopic (exact) mass is 370 g/mol. The number of amides is 1. The fourth-order valence-corrected chi connectivity index (χ4v) is 5.15. The zero-order chi connectivity index (χ0) is 16.4. The van der Waals surface area contributed by atoms with Crippen LogP contribution in [0.25, 0.3) is 0 Å². The predicted molar refractivity (Wildman–Crippen MR) is 90.2 cm³/mol. The minimum Gasteiger partial charge on any atom is -0.319 e.